The number of hydrogen-bond donors (Lipinski definition) is 2. The summed E-state index contributed by atoms with van der Waals surface area (Å²) in [6.07, 6.45) is 0. The van der Waals surface area contributed by atoms with E-state index in [0.717, 1.165) is 0 Å². The van der Waals surface area contributed by atoms with Gasteiger partial charge in [-0.1, -0.05) is 15.9 Å². The normalized spacial score (nSPS) is 10.2. The van der Waals surface area contributed by atoms with Crippen LogP contribution in [0.3, 0.4) is 0 Å². The van der Waals surface area contributed by atoms with E-state index in [1.807, 2.05) is 0 Å². The minimum absolute atomic E-state index is 0.0944. The number of anilines is 1. The topological polar surface area (TPSA) is 66.6 Å². The van der Waals surface area contributed by atoms with E-state index in [1.165, 1.54) is 6.07 Å². The SMILES string of the molecule is CN(CCO)c1cc(Br)cc(F)c1C(N)=O. The molecule has 1 rings (SSSR count). The summed E-state index contributed by atoms with van der Waals surface area (Å²) in [4.78, 5) is 12.7. The molecule has 0 aliphatic rings. The third-order valence-electron chi connectivity index (χ3n) is 2.13. The van der Waals surface area contributed by atoms with E-state index in [-0.39, 0.29) is 18.7 Å². The second kappa shape index (κ2) is 5.27. The fraction of sp³-hybridized carbons (Fsp3) is 0.300. The van der Waals surface area contributed by atoms with E-state index < -0.39 is 11.7 Å². The number of halogens is 2. The van der Waals surface area contributed by atoms with Crippen LogP contribution in [0.5, 0.6) is 0 Å². The number of amides is 1. The molecular formula is C10H12BrFN2O2. The Morgan fingerprint density at radius 1 is 1.62 bits per heavy atom. The number of aliphatic hydroxyl groups excluding tert-OH is 1. The maximum absolute atomic E-state index is 13.5. The number of rotatable bonds is 4. The molecule has 3 N–H and O–H groups in total. The van der Waals surface area contributed by atoms with Gasteiger partial charge in [0.25, 0.3) is 5.91 Å². The summed E-state index contributed by atoms with van der Waals surface area (Å²) in [6.45, 7) is 0.193. The van der Waals surface area contributed by atoms with Gasteiger partial charge in [0.2, 0.25) is 0 Å². The third kappa shape index (κ3) is 2.70. The summed E-state index contributed by atoms with van der Waals surface area (Å²) in [5.74, 6) is -1.51. The third-order valence-corrected chi connectivity index (χ3v) is 2.59. The van der Waals surface area contributed by atoms with Gasteiger partial charge in [-0.05, 0) is 12.1 Å². The molecule has 1 aromatic rings. The fourth-order valence-electron chi connectivity index (χ4n) is 1.38. The van der Waals surface area contributed by atoms with E-state index in [0.29, 0.717) is 10.2 Å². The lowest BCUT2D eigenvalue weighted by molar-refractivity contribution is 0.0997. The Kier molecular flexibility index (Phi) is 4.26. The Labute approximate surface area is 101 Å². The van der Waals surface area contributed by atoms with Crippen LogP contribution in [0, 0.1) is 5.82 Å². The number of nitrogens with two attached hydrogens (primary N) is 1. The zero-order valence-electron chi connectivity index (χ0n) is 8.70. The molecule has 0 saturated heterocycles. The second-order valence-corrected chi connectivity index (χ2v) is 4.21. The van der Waals surface area contributed by atoms with Crippen molar-refractivity contribution in [2.24, 2.45) is 5.73 Å². The van der Waals surface area contributed by atoms with Gasteiger partial charge in [-0.15, -0.1) is 0 Å². The van der Waals surface area contributed by atoms with Gasteiger partial charge in [-0.3, -0.25) is 4.79 Å². The summed E-state index contributed by atoms with van der Waals surface area (Å²) in [6, 6.07) is 2.76. The molecule has 88 valence electrons. The summed E-state index contributed by atoms with van der Waals surface area (Å²) in [5.41, 5.74) is 5.30. The number of aliphatic hydroxyl groups is 1. The molecule has 1 aromatic carbocycles. The zero-order chi connectivity index (χ0) is 12.3. The molecule has 6 heteroatoms. The number of nitrogens with zero attached hydrogens (tertiary/aromatic N) is 1. The van der Waals surface area contributed by atoms with Gasteiger partial charge < -0.3 is 15.7 Å². The van der Waals surface area contributed by atoms with Gasteiger partial charge in [0.1, 0.15) is 5.82 Å². The van der Waals surface area contributed by atoms with Crippen LogP contribution in [-0.4, -0.2) is 31.2 Å². The Balaban J connectivity index is 3.29. The van der Waals surface area contributed by atoms with Crippen molar-refractivity contribution in [3.8, 4) is 0 Å². The molecule has 0 bridgehead atoms. The summed E-state index contributed by atoms with van der Waals surface area (Å²) in [7, 11) is 1.64. The number of primary amides is 1. The number of hydrogen-bond acceptors (Lipinski definition) is 3. The predicted molar refractivity (Wildman–Crippen MR) is 63.0 cm³/mol. The van der Waals surface area contributed by atoms with Crippen LogP contribution in [0.2, 0.25) is 0 Å². The average molecular weight is 291 g/mol. The maximum atomic E-state index is 13.5. The van der Waals surface area contributed by atoms with E-state index in [1.54, 1.807) is 18.0 Å². The average Bonchev–Trinajstić information content (AvgIpc) is 2.15. The van der Waals surface area contributed by atoms with Crippen LogP contribution in [-0.2, 0) is 0 Å². The van der Waals surface area contributed by atoms with E-state index in [2.05, 4.69) is 15.9 Å². The van der Waals surface area contributed by atoms with Crippen LogP contribution < -0.4 is 10.6 Å². The summed E-state index contributed by atoms with van der Waals surface area (Å²) >= 11 is 3.13. The molecule has 0 radical (unpaired) electrons. The molecule has 0 aliphatic heterocycles. The van der Waals surface area contributed by atoms with Crippen molar-refractivity contribution in [2.75, 3.05) is 25.1 Å². The Morgan fingerprint density at radius 3 is 2.75 bits per heavy atom. The van der Waals surface area contributed by atoms with Crippen LogP contribution in [0.15, 0.2) is 16.6 Å². The Bertz CT molecular complexity index is 412. The summed E-state index contributed by atoms with van der Waals surface area (Å²) in [5, 5.41) is 8.80. The zero-order valence-corrected chi connectivity index (χ0v) is 10.3. The monoisotopic (exact) mass is 290 g/mol. The minimum Gasteiger partial charge on any atom is -0.395 e. The molecule has 0 spiro atoms. The first-order chi connectivity index (χ1) is 7.47. The molecular weight excluding hydrogens is 279 g/mol. The first-order valence-corrected chi connectivity index (χ1v) is 5.37. The van der Waals surface area contributed by atoms with Gasteiger partial charge in [-0.2, -0.15) is 0 Å². The number of benzene rings is 1. The van der Waals surface area contributed by atoms with Crippen molar-refractivity contribution in [2.45, 2.75) is 0 Å². The van der Waals surface area contributed by atoms with E-state index in [9.17, 15) is 9.18 Å². The molecule has 0 unspecified atom stereocenters. The molecule has 0 saturated carbocycles. The van der Waals surface area contributed by atoms with Crippen LogP contribution in [0.1, 0.15) is 10.4 Å². The first kappa shape index (κ1) is 12.9. The Morgan fingerprint density at radius 2 is 2.25 bits per heavy atom. The highest BCUT2D eigenvalue weighted by atomic mass is 79.9. The molecule has 0 aliphatic carbocycles. The van der Waals surface area contributed by atoms with E-state index in [4.69, 9.17) is 10.8 Å². The quantitative estimate of drug-likeness (QED) is 0.873. The van der Waals surface area contributed by atoms with Crippen molar-refractivity contribution in [3.05, 3.63) is 28.0 Å². The van der Waals surface area contributed by atoms with Gasteiger partial charge in [0, 0.05) is 18.1 Å². The van der Waals surface area contributed by atoms with Gasteiger partial charge in [-0.25, -0.2) is 4.39 Å². The number of carbonyl (C=O) groups is 1. The van der Waals surface area contributed by atoms with Crippen molar-refractivity contribution in [3.63, 3.8) is 0 Å². The first-order valence-electron chi connectivity index (χ1n) is 4.58. The molecule has 0 fully saturated rings. The highest BCUT2D eigenvalue weighted by Crippen LogP contribution is 2.26. The maximum Gasteiger partial charge on any atom is 0.253 e. The van der Waals surface area contributed by atoms with Gasteiger partial charge >= 0.3 is 0 Å². The van der Waals surface area contributed by atoms with Crippen LogP contribution in [0.4, 0.5) is 10.1 Å². The van der Waals surface area contributed by atoms with Crippen molar-refractivity contribution >= 4 is 27.5 Å². The van der Waals surface area contributed by atoms with Crippen LogP contribution in [0.25, 0.3) is 0 Å². The van der Waals surface area contributed by atoms with Crippen molar-refractivity contribution < 1.29 is 14.3 Å². The van der Waals surface area contributed by atoms with Crippen molar-refractivity contribution in [1.82, 2.24) is 0 Å². The predicted octanol–water partition coefficient (Wildman–Crippen LogP) is 1.12. The number of carbonyl (C=O) groups excluding carboxylic acids is 1. The molecule has 16 heavy (non-hydrogen) atoms. The Hall–Kier alpha value is -1.14. The molecule has 4 nitrogen and oxygen atoms in total. The van der Waals surface area contributed by atoms with Gasteiger partial charge in [0.15, 0.2) is 0 Å². The van der Waals surface area contributed by atoms with Gasteiger partial charge in [0.05, 0.1) is 17.9 Å². The standard InChI is InChI=1S/C10H12BrFN2O2/c1-14(2-3-15)8-5-6(11)4-7(12)9(8)10(13)16/h4-5,15H,2-3H2,1H3,(H2,13,16). The fourth-order valence-corrected chi connectivity index (χ4v) is 1.79. The molecule has 0 atom stereocenters. The lowest BCUT2D eigenvalue weighted by Crippen LogP contribution is -2.26. The lowest BCUT2D eigenvalue weighted by Gasteiger charge is -2.21. The smallest absolute Gasteiger partial charge is 0.253 e. The molecule has 0 heterocycles. The highest BCUT2D eigenvalue weighted by molar-refractivity contribution is 9.10. The molecule has 0 aromatic heterocycles. The number of likely N-dealkylation sites (N-methyl/N-ethyl adjacent to an activating group) is 1. The molecule has 1 amide bonds. The van der Waals surface area contributed by atoms with Crippen molar-refractivity contribution in [1.29, 1.82) is 0 Å². The second-order valence-electron chi connectivity index (χ2n) is 3.29. The van der Waals surface area contributed by atoms with E-state index >= 15 is 0 Å². The lowest BCUT2D eigenvalue weighted by atomic mass is 10.1. The minimum atomic E-state index is -0.829. The summed E-state index contributed by atoms with van der Waals surface area (Å²) < 4.78 is 14.1. The van der Waals surface area contributed by atoms with Crippen LogP contribution >= 0.6 is 15.9 Å². The highest BCUT2D eigenvalue weighted by Gasteiger charge is 2.17. The largest absolute Gasteiger partial charge is 0.395 e.